The van der Waals surface area contributed by atoms with Crippen LogP contribution in [0.3, 0.4) is 0 Å². The lowest BCUT2D eigenvalue weighted by molar-refractivity contribution is -0.115. The maximum Gasteiger partial charge on any atom is 0.229 e. The van der Waals surface area contributed by atoms with Crippen molar-refractivity contribution in [3.63, 3.8) is 0 Å². The van der Waals surface area contributed by atoms with E-state index in [1.54, 1.807) is 12.1 Å². The zero-order valence-corrected chi connectivity index (χ0v) is 16.3. The summed E-state index contributed by atoms with van der Waals surface area (Å²) in [6, 6.07) is 8.53. The van der Waals surface area contributed by atoms with Crippen molar-refractivity contribution in [1.29, 1.82) is 5.26 Å². The summed E-state index contributed by atoms with van der Waals surface area (Å²) in [6.07, 6.45) is 4.19. The normalized spacial score (nSPS) is 16.6. The molecular formula is C19H20N2O3S2. The number of carbonyl (C=O) groups is 1. The number of hydrogen-bond acceptors (Lipinski definition) is 5. The Kier molecular flexibility index (Phi) is 5.17. The Labute approximate surface area is 157 Å². The van der Waals surface area contributed by atoms with E-state index in [-0.39, 0.29) is 17.2 Å². The average molecular weight is 389 g/mol. The van der Waals surface area contributed by atoms with Crippen LogP contribution in [0.5, 0.6) is 0 Å². The fourth-order valence-corrected chi connectivity index (χ4v) is 5.18. The molecule has 136 valence electrons. The second-order valence-corrected chi connectivity index (χ2v) is 9.93. The quantitative estimate of drug-likeness (QED) is 0.870. The van der Waals surface area contributed by atoms with E-state index < -0.39 is 9.84 Å². The lowest BCUT2D eigenvalue weighted by atomic mass is 9.88. The highest BCUT2D eigenvalue weighted by molar-refractivity contribution is 7.90. The molecule has 1 aliphatic carbocycles. The Balaban J connectivity index is 1.74. The van der Waals surface area contributed by atoms with Crippen molar-refractivity contribution in [2.24, 2.45) is 5.92 Å². The van der Waals surface area contributed by atoms with Crippen LogP contribution < -0.4 is 5.32 Å². The highest BCUT2D eigenvalue weighted by Gasteiger charge is 2.24. The molecule has 0 spiro atoms. The van der Waals surface area contributed by atoms with E-state index in [2.05, 4.69) is 18.3 Å². The molecule has 26 heavy (non-hydrogen) atoms. The first-order valence-electron chi connectivity index (χ1n) is 8.41. The number of rotatable bonds is 4. The molecular weight excluding hydrogens is 368 g/mol. The molecule has 0 radical (unpaired) electrons. The highest BCUT2D eigenvalue weighted by Crippen LogP contribution is 2.39. The minimum Gasteiger partial charge on any atom is -0.316 e. The Morgan fingerprint density at radius 1 is 1.35 bits per heavy atom. The Morgan fingerprint density at radius 2 is 2.04 bits per heavy atom. The molecule has 1 heterocycles. The molecule has 1 atom stereocenters. The SMILES string of the molecule is C[C@H]1CCc2c(sc(NC(=O)Cc3ccc(S(C)(=O)=O)cc3)c2C#N)C1. The molecule has 1 aromatic carbocycles. The van der Waals surface area contributed by atoms with Crippen LogP contribution in [0.2, 0.25) is 0 Å². The Morgan fingerprint density at radius 3 is 2.65 bits per heavy atom. The summed E-state index contributed by atoms with van der Waals surface area (Å²) < 4.78 is 23.0. The molecule has 0 saturated heterocycles. The molecule has 1 aliphatic rings. The molecule has 1 amide bonds. The molecule has 7 heteroatoms. The van der Waals surface area contributed by atoms with Gasteiger partial charge in [-0.05, 0) is 48.4 Å². The number of anilines is 1. The molecule has 5 nitrogen and oxygen atoms in total. The Bertz CT molecular complexity index is 983. The van der Waals surface area contributed by atoms with Crippen LogP contribution in [-0.2, 0) is 33.9 Å². The number of hydrogen-bond donors (Lipinski definition) is 1. The maximum atomic E-state index is 12.4. The minimum absolute atomic E-state index is 0.133. The number of amides is 1. The van der Waals surface area contributed by atoms with E-state index in [0.29, 0.717) is 16.5 Å². The summed E-state index contributed by atoms with van der Waals surface area (Å²) in [6.45, 7) is 2.20. The molecule has 1 aromatic heterocycles. The van der Waals surface area contributed by atoms with Gasteiger partial charge in [0.1, 0.15) is 11.1 Å². The van der Waals surface area contributed by atoms with E-state index in [1.807, 2.05) is 0 Å². The van der Waals surface area contributed by atoms with Crippen LogP contribution in [0.15, 0.2) is 29.2 Å². The van der Waals surface area contributed by atoms with Crippen LogP contribution in [-0.4, -0.2) is 20.6 Å². The molecule has 3 rings (SSSR count). The summed E-state index contributed by atoms with van der Waals surface area (Å²) in [4.78, 5) is 13.8. The third kappa shape index (κ3) is 3.97. The first-order chi connectivity index (χ1) is 12.3. The Hall–Kier alpha value is -2.17. The van der Waals surface area contributed by atoms with Crippen LogP contribution in [0.25, 0.3) is 0 Å². The lowest BCUT2D eigenvalue weighted by Crippen LogP contribution is -2.14. The van der Waals surface area contributed by atoms with Gasteiger partial charge in [-0.25, -0.2) is 8.42 Å². The van der Waals surface area contributed by atoms with Gasteiger partial charge in [-0.1, -0.05) is 19.1 Å². The van der Waals surface area contributed by atoms with Crippen LogP contribution in [0.4, 0.5) is 5.00 Å². The third-order valence-electron chi connectivity index (χ3n) is 4.59. The first kappa shape index (κ1) is 18.6. The number of nitriles is 1. The summed E-state index contributed by atoms with van der Waals surface area (Å²) in [5.74, 6) is 0.393. The van der Waals surface area contributed by atoms with E-state index in [0.717, 1.165) is 36.6 Å². The number of nitrogens with zero attached hydrogens (tertiary/aromatic N) is 1. The summed E-state index contributed by atoms with van der Waals surface area (Å²) >= 11 is 1.50. The predicted molar refractivity (Wildman–Crippen MR) is 102 cm³/mol. The number of fused-ring (bicyclic) bond motifs is 1. The van der Waals surface area contributed by atoms with Crippen molar-refractivity contribution in [3.8, 4) is 6.07 Å². The molecule has 0 aliphatic heterocycles. The van der Waals surface area contributed by atoms with Gasteiger partial charge in [0.25, 0.3) is 0 Å². The average Bonchev–Trinajstić information content (AvgIpc) is 2.90. The van der Waals surface area contributed by atoms with Gasteiger partial charge in [0.2, 0.25) is 5.91 Å². The monoisotopic (exact) mass is 388 g/mol. The second-order valence-electron chi connectivity index (χ2n) is 6.81. The van der Waals surface area contributed by atoms with Gasteiger partial charge in [0.15, 0.2) is 9.84 Å². The molecule has 0 bridgehead atoms. The fourth-order valence-electron chi connectivity index (χ4n) is 3.17. The van der Waals surface area contributed by atoms with E-state index in [4.69, 9.17) is 0 Å². The van der Waals surface area contributed by atoms with Crippen molar-refractivity contribution in [1.82, 2.24) is 0 Å². The number of sulfone groups is 1. The van der Waals surface area contributed by atoms with Crippen molar-refractivity contribution in [2.45, 2.75) is 37.5 Å². The molecule has 2 aromatic rings. The smallest absolute Gasteiger partial charge is 0.229 e. The van der Waals surface area contributed by atoms with Crippen molar-refractivity contribution in [3.05, 3.63) is 45.8 Å². The van der Waals surface area contributed by atoms with Gasteiger partial charge < -0.3 is 5.32 Å². The minimum atomic E-state index is -3.25. The van der Waals surface area contributed by atoms with Crippen LogP contribution in [0, 0.1) is 17.2 Å². The molecule has 1 N–H and O–H groups in total. The number of nitrogens with one attached hydrogen (secondary N) is 1. The zero-order chi connectivity index (χ0) is 18.9. The molecule has 0 fully saturated rings. The van der Waals surface area contributed by atoms with E-state index >= 15 is 0 Å². The second kappa shape index (κ2) is 7.22. The lowest BCUT2D eigenvalue weighted by Gasteiger charge is -2.17. The first-order valence-corrected chi connectivity index (χ1v) is 11.1. The summed E-state index contributed by atoms with van der Waals surface area (Å²) in [7, 11) is -3.25. The van der Waals surface area contributed by atoms with Crippen molar-refractivity contribution < 1.29 is 13.2 Å². The van der Waals surface area contributed by atoms with Gasteiger partial charge in [0.05, 0.1) is 16.9 Å². The molecule has 0 saturated carbocycles. The standard InChI is InChI=1S/C19H20N2O3S2/c1-12-3-8-15-16(11-20)19(25-17(15)9-12)21-18(22)10-13-4-6-14(7-5-13)26(2,23)24/h4-7,12H,3,8-10H2,1-2H3,(H,21,22)/t12-/m0/s1. The van der Waals surface area contributed by atoms with Crippen LogP contribution >= 0.6 is 11.3 Å². The number of benzene rings is 1. The van der Waals surface area contributed by atoms with Crippen molar-refractivity contribution >= 4 is 32.1 Å². The molecule has 0 unspecified atom stereocenters. The topological polar surface area (TPSA) is 87.0 Å². The van der Waals surface area contributed by atoms with Gasteiger partial charge in [-0.15, -0.1) is 11.3 Å². The van der Waals surface area contributed by atoms with Gasteiger partial charge in [0, 0.05) is 11.1 Å². The number of carbonyl (C=O) groups excluding carboxylic acids is 1. The predicted octanol–water partition coefficient (Wildman–Crippen LogP) is 3.33. The van der Waals surface area contributed by atoms with Gasteiger partial charge in [-0.3, -0.25) is 4.79 Å². The van der Waals surface area contributed by atoms with E-state index in [1.165, 1.54) is 28.3 Å². The summed E-state index contributed by atoms with van der Waals surface area (Å²) in [5, 5.41) is 13.0. The van der Waals surface area contributed by atoms with Gasteiger partial charge in [-0.2, -0.15) is 5.26 Å². The highest BCUT2D eigenvalue weighted by atomic mass is 32.2. The fraction of sp³-hybridized carbons (Fsp3) is 0.368. The largest absolute Gasteiger partial charge is 0.316 e. The maximum absolute atomic E-state index is 12.4. The van der Waals surface area contributed by atoms with Crippen molar-refractivity contribution in [2.75, 3.05) is 11.6 Å². The number of thiophene rings is 1. The summed E-state index contributed by atoms with van der Waals surface area (Å²) in [5.41, 5.74) is 2.41. The van der Waals surface area contributed by atoms with Gasteiger partial charge >= 0.3 is 0 Å². The zero-order valence-electron chi connectivity index (χ0n) is 14.7. The van der Waals surface area contributed by atoms with Crippen LogP contribution in [0.1, 0.15) is 34.9 Å². The third-order valence-corrected chi connectivity index (χ3v) is 6.89. The van der Waals surface area contributed by atoms with E-state index in [9.17, 15) is 18.5 Å².